The maximum Gasteiger partial charge on any atom is 0.424 e. The summed E-state index contributed by atoms with van der Waals surface area (Å²) in [5.74, 6) is -2.46. The number of halogens is 4. The second kappa shape index (κ2) is 9.60. The molecule has 178 valence electrons. The lowest BCUT2D eigenvalue weighted by atomic mass is 9.88. The molecule has 1 fully saturated rings. The quantitative estimate of drug-likeness (QED) is 0.566. The van der Waals surface area contributed by atoms with Crippen molar-refractivity contribution in [2.45, 2.75) is 30.8 Å². The molecule has 1 saturated heterocycles. The minimum absolute atomic E-state index is 0.0213. The molecule has 1 heterocycles. The van der Waals surface area contributed by atoms with Crippen LogP contribution in [-0.2, 0) is 19.1 Å². The van der Waals surface area contributed by atoms with E-state index in [-0.39, 0.29) is 12.3 Å². The summed E-state index contributed by atoms with van der Waals surface area (Å²) in [6.45, 7) is 1.07. The number of hydrogen-bond acceptors (Lipinski definition) is 7. The molecule has 11 heteroatoms. The second-order valence-corrected chi connectivity index (χ2v) is 8.05. The third kappa shape index (κ3) is 4.26. The third-order valence-electron chi connectivity index (χ3n) is 5.37. The van der Waals surface area contributed by atoms with E-state index in [2.05, 4.69) is 26.0 Å². The van der Waals surface area contributed by atoms with Gasteiger partial charge in [-0.2, -0.15) is 13.2 Å². The predicted octanol–water partition coefficient (Wildman–Crippen LogP) is 3.97. The Balaban J connectivity index is 2.34. The zero-order valence-corrected chi connectivity index (χ0v) is 19.6. The van der Waals surface area contributed by atoms with Gasteiger partial charge in [-0.15, -0.1) is 0 Å². The van der Waals surface area contributed by atoms with E-state index in [1.807, 2.05) is 0 Å². The number of alkyl halides is 3. The number of carbonyl (C=O) groups is 2. The highest BCUT2D eigenvalue weighted by molar-refractivity contribution is 9.10. The van der Waals surface area contributed by atoms with E-state index in [1.165, 1.54) is 38.3 Å². The van der Waals surface area contributed by atoms with Crippen LogP contribution in [0.2, 0.25) is 0 Å². The molecule has 0 aliphatic carbocycles. The van der Waals surface area contributed by atoms with Gasteiger partial charge in [-0.25, -0.2) is 4.79 Å². The minimum atomic E-state index is -5.23. The molecule has 1 N–H and O–H groups in total. The molecule has 7 nitrogen and oxygen atoms in total. The Bertz CT molecular complexity index is 1000. The highest BCUT2D eigenvalue weighted by Crippen LogP contribution is 2.50. The Morgan fingerprint density at radius 2 is 1.70 bits per heavy atom. The summed E-state index contributed by atoms with van der Waals surface area (Å²) >= 11 is 3.30. The van der Waals surface area contributed by atoms with Crippen molar-refractivity contribution in [1.29, 1.82) is 0 Å². The Kier molecular flexibility index (Phi) is 7.23. The highest BCUT2D eigenvalue weighted by Gasteiger charge is 2.76. The summed E-state index contributed by atoms with van der Waals surface area (Å²) in [6, 6.07) is 10.1. The summed E-state index contributed by atoms with van der Waals surface area (Å²) in [4.78, 5) is 26.6. The van der Waals surface area contributed by atoms with Crippen LogP contribution >= 0.6 is 15.9 Å². The molecule has 0 spiro atoms. The highest BCUT2D eigenvalue weighted by atomic mass is 79.9. The monoisotopic (exact) mass is 530 g/mol. The van der Waals surface area contributed by atoms with Crippen LogP contribution < -0.4 is 15.0 Å². The van der Waals surface area contributed by atoms with Crippen molar-refractivity contribution >= 4 is 33.6 Å². The van der Waals surface area contributed by atoms with E-state index in [0.29, 0.717) is 15.8 Å². The van der Waals surface area contributed by atoms with Gasteiger partial charge < -0.3 is 19.1 Å². The number of esters is 2. The second-order valence-electron chi connectivity index (χ2n) is 7.13. The fraction of sp³-hybridized carbons (Fsp3) is 0.364. The topological polar surface area (TPSA) is 77.1 Å². The number of nitrogens with zero attached hydrogens (tertiary/aromatic N) is 1. The first kappa shape index (κ1) is 24.8. The average molecular weight is 531 g/mol. The van der Waals surface area contributed by atoms with Crippen molar-refractivity contribution in [3.63, 3.8) is 0 Å². The molecule has 3 atom stereocenters. The van der Waals surface area contributed by atoms with Crippen molar-refractivity contribution in [1.82, 2.24) is 5.32 Å². The van der Waals surface area contributed by atoms with Crippen LogP contribution in [0.5, 0.6) is 5.75 Å². The summed E-state index contributed by atoms with van der Waals surface area (Å²) < 4.78 is 60.2. The Morgan fingerprint density at radius 1 is 1.09 bits per heavy atom. The molecule has 0 bridgehead atoms. The molecule has 0 saturated carbocycles. The number of benzene rings is 2. The Hall–Kier alpha value is -2.79. The first-order valence-electron chi connectivity index (χ1n) is 9.88. The van der Waals surface area contributed by atoms with Gasteiger partial charge in [0, 0.05) is 10.2 Å². The molecule has 2 aromatic carbocycles. The lowest BCUT2D eigenvalue weighted by Crippen LogP contribution is -2.69. The van der Waals surface area contributed by atoms with Crippen LogP contribution in [-0.4, -0.2) is 50.5 Å². The van der Waals surface area contributed by atoms with Gasteiger partial charge in [-0.05, 0) is 48.9 Å². The van der Waals surface area contributed by atoms with Gasteiger partial charge in [0.25, 0.3) is 5.54 Å². The van der Waals surface area contributed by atoms with E-state index < -0.39 is 35.9 Å². The van der Waals surface area contributed by atoms with Gasteiger partial charge in [-0.1, -0.05) is 28.1 Å². The number of rotatable bonds is 6. The number of hydrogen-bond donors (Lipinski definition) is 1. The van der Waals surface area contributed by atoms with Gasteiger partial charge in [0.15, 0.2) is 6.04 Å². The lowest BCUT2D eigenvalue weighted by Gasteiger charge is -2.42. The summed E-state index contributed by atoms with van der Waals surface area (Å²) in [5, 5.41) is 2.68. The maximum absolute atomic E-state index is 14.9. The zero-order chi connectivity index (χ0) is 24.4. The molecule has 1 aliphatic rings. The summed E-state index contributed by atoms with van der Waals surface area (Å²) in [6.07, 6.45) is -6.45. The summed E-state index contributed by atoms with van der Waals surface area (Å²) in [7, 11) is 2.38. The SMILES string of the molecule is CCOC(=O)[C@]1(C(F)(F)F)[C@H](C(=O)OC)N[C@H](c2ccc(Br)cc2)N1c1ccc(OC)cc1. The number of nitrogens with one attached hydrogen (secondary N) is 1. The van der Waals surface area contributed by atoms with Crippen molar-refractivity contribution < 1.29 is 37.0 Å². The average Bonchev–Trinajstić information content (AvgIpc) is 3.16. The summed E-state index contributed by atoms with van der Waals surface area (Å²) in [5.41, 5.74) is -2.99. The van der Waals surface area contributed by atoms with Gasteiger partial charge in [0.05, 0.1) is 20.8 Å². The van der Waals surface area contributed by atoms with E-state index in [9.17, 15) is 22.8 Å². The van der Waals surface area contributed by atoms with Crippen LogP contribution in [0.25, 0.3) is 0 Å². The molecule has 1 aliphatic heterocycles. The molecule has 2 aromatic rings. The van der Waals surface area contributed by atoms with Crippen molar-refractivity contribution in [2.75, 3.05) is 25.7 Å². The Labute approximate surface area is 196 Å². The van der Waals surface area contributed by atoms with E-state index in [4.69, 9.17) is 9.47 Å². The van der Waals surface area contributed by atoms with Crippen molar-refractivity contribution in [3.05, 3.63) is 58.6 Å². The van der Waals surface area contributed by atoms with E-state index in [1.54, 1.807) is 24.3 Å². The van der Waals surface area contributed by atoms with Crippen LogP contribution in [0.1, 0.15) is 18.7 Å². The number of anilines is 1. The molecule has 3 rings (SSSR count). The van der Waals surface area contributed by atoms with Crippen molar-refractivity contribution in [3.8, 4) is 5.75 Å². The van der Waals surface area contributed by atoms with Gasteiger partial charge in [0.2, 0.25) is 0 Å². The largest absolute Gasteiger partial charge is 0.497 e. The van der Waals surface area contributed by atoms with Crippen LogP contribution in [0.4, 0.5) is 18.9 Å². The Morgan fingerprint density at radius 3 is 2.18 bits per heavy atom. The van der Waals surface area contributed by atoms with E-state index in [0.717, 1.165) is 12.0 Å². The van der Waals surface area contributed by atoms with Crippen LogP contribution in [0.3, 0.4) is 0 Å². The molecular formula is C22H22BrF3N2O5. The molecule has 0 unspecified atom stereocenters. The number of methoxy groups -OCH3 is 2. The van der Waals surface area contributed by atoms with Crippen LogP contribution in [0.15, 0.2) is 53.0 Å². The van der Waals surface area contributed by atoms with Gasteiger partial charge in [0.1, 0.15) is 11.9 Å². The maximum atomic E-state index is 14.9. The molecular weight excluding hydrogens is 509 g/mol. The normalized spacial score (nSPS) is 22.7. The lowest BCUT2D eigenvalue weighted by molar-refractivity contribution is -0.210. The first-order valence-corrected chi connectivity index (χ1v) is 10.7. The molecule has 0 radical (unpaired) electrons. The predicted molar refractivity (Wildman–Crippen MR) is 117 cm³/mol. The first-order chi connectivity index (χ1) is 15.6. The smallest absolute Gasteiger partial charge is 0.424 e. The van der Waals surface area contributed by atoms with Gasteiger partial charge >= 0.3 is 18.1 Å². The van der Waals surface area contributed by atoms with Gasteiger partial charge in [-0.3, -0.25) is 10.1 Å². The number of ether oxygens (including phenoxy) is 3. The zero-order valence-electron chi connectivity index (χ0n) is 18.0. The fourth-order valence-electron chi connectivity index (χ4n) is 3.91. The minimum Gasteiger partial charge on any atom is -0.497 e. The standard InChI is InChI=1S/C22H22BrF3N2O5/c1-4-33-20(30)21(22(24,25)26)17(19(29)32-3)27-18(13-5-7-14(23)8-6-13)28(21)15-9-11-16(31-2)12-10-15/h5-12,17-18,27H,4H2,1-3H3/t17-,18-,21-/m0/s1. The van der Waals surface area contributed by atoms with Crippen molar-refractivity contribution in [2.24, 2.45) is 0 Å². The van der Waals surface area contributed by atoms with E-state index >= 15 is 0 Å². The fourth-order valence-corrected chi connectivity index (χ4v) is 4.18. The molecule has 33 heavy (non-hydrogen) atoms. The van der Waals surface area contributed by atoms with Crippen LogP contribution in [0, 0.1) is 0 Å². The molecule has 0 aromatic heterocycles. The molecule has 0 amide bonds. The number of carbonyl (C=O) groups excluding carboxylic acids is 2. The third-order valence-corrected chi connectivity index (χ3v) is 5.90.